The summed E-state index contributed by atoms with van der Waals surface area (Å²) in [7, 11) is 0. The maximum atomic E-state index is 10.9. The van der Waals surface area contributed by atoms with E-state index in [0.717, 1.165) is 25.7 Å². The lowest BCUT2D eigenvalue weighted by molar-refractivity contribution is 0.469. The molecule has 2 aromatic carbocycles. The monoisotopic (exact) mass is 564 g/mol. The third-order valence-electron chi connectivity index (χ3n) is 9.02. The number of hydrogen-bond acceptors (Lipinski definition) is 2. The van der Waals surface area contributed by atoms with Gasteiger partial charge in [-0.2, -0.15) is 0 Å². The zero-order valence-electron chi connectivity index (χ0n) is 27.8. The van der Waals surface area contributed by atoms with Crippen molar-refractivity contribution in [2.75, 3.05) is 0 Å². The zero-order valence-corrected chi connectivity index (χ0v) is 27.8. The quantitative estimate of drug-likeness (QED) is 0.140. The number of aryl methyl sites for hydroxylation is 4. The lowest BCUT2D eigenvalue weighted by Crippen LogP contribution is -2.27. The van der Waals surface area contributed by atoms with E-state index in [9.17, 15) is 10.2 Å². The third-order valence-corrected chi connectivity index (χ3v) is 9.02. The van der Waals surface area contributed by atoms with Crippen molar-refractivity contribution < 1.29 is 10.2 Å². The molecule has 0 amide bonds. The van der Waals surface area contributed by atoms with Crippen LogP contribution >= 0.6 is 0 Å². The third kappa shape index (κ3) is 11.3. The van der Waals surface area contributed by atoms with Crippen molar-refractivity contribution in [3.8, 4) is 11.5 Å². The summed E-state index contributed by atoms with van der Waals surface area (Å²) in [5, 5.41) is 21.8. The standard InChI is InChI=1S/C39H64O2/c1-7-11-15-19-23-31-27-35(40)28-32(24-20-16-12-8-2)37(31)39(5,6)38-33(25-21-17-13-9-3)29-36(41)30-34(38)26-22-18-14-10-4/h27-30,40-41H,7-26H2,1-6H3. The van der Waals surface area contributed by atoms with Crippen molar-refractivity contribution in [1.29, 1.82) is 0 Å². The molecule has 0 aromatic heterocycles. The minimum absolute atomic E-state index is 0.207. The molecule has 0 unspecified atom stereocenters. The van der Waals surface area contributed by atoms with Gasteiger partial charge in [0.2, 0.25) is 0 Å². The fourth-order valence-corrected chi connectivity index (χ4v) is 6.99. The van der Waals surface area contributed by atoms with Gasteiger partial charge in [0.25, 0.3) is 0 Å². The van der Waals surface area contributed by atoms with E-state index in [0.29, 0.717) is 11.5 Å². The average Bonchev–Trinajstić information content (AvgIpc) is 2.93. The summed E-state index contributed by atoms with van der Waals surface area (Å²) < 4.78 is 0. The first-order chi connectivity index (χ1) is 19.8. The molecule has 0 aliphatic heterocycles. The molecule has 232 valence electrons. The fourth-order valence-electron chi connectivity index (χ4n) is 6.99. The van der Waals surface area contributed by atoms with Gasteiger partial charge in [-0.3, -0.25) is 0 Å². The van der Waals surface area contributed by atoms with E-state index < -0.39 is 0 Å². The lowest BCUT2D eigenvalue weighted by Gasteiger charge is -2.35. The lowest BCUT2D eigenvalue weighted by atomic mass is 9.68. The average molecular weight is 565 g/mol. The van der Waals surface area contributed by atoms with E-state index in [4.69, 9.17) is 0 Å². The SMILES string of the molecule is CCCCCCc1cc(O)cc(CCCCCC)c1C(C)(C)c1c(CCCCCC)cc(O)cc1CCCCCC. The van der Waals surface area contributed by atoms with Crippen molar-refractivity contribution in [2.24, 2.45) is 0 Å². The van der Waals surface area contributed by atoms with Crippen molar-refractivity contribution in [1.82, 2.24) is 0 Å². The minimum atomic E-state index is -0.207. The Hall–Kier alpha value is -1.96. The van der Waals surface area contributed by atoms with Gasteiger partial charge < -0.3 is 10.2 Å². The topological polar surface area (TPSA) is 40.5 Å². The molecule has 41 heavy (non-hydrogen) atoms. The maximum Gasteiger partial charge on any atom is 0.116 e. The molecule has 0 bridgehead atoms. The van der Waals surface area contributed by atoms with Crippen LogP contribution in [0, 0.1) is 0 Å². The Morgan fingerprint density at radius 3 is 0.878 bits per heavy atom. The second kappa shape index (κ2) is 19.3. The molecule has 0 aliphatic rings. The second-order valence-electron chi connectivity index (χ2n) is 13.1. The zero-order chi connectivity index (χ0) is 30.1. The Bertz CT molecular complexity index is 857. The Kier molecular flexibility index (Phi) is 16.6. The highest BCUT2D eigenvalue weighted by atomic mass is 16.3. The van der Waals surface area contributed by atoms with Gasteiger partial charge in [0.1, 0.15) is 11.5 Å². The molecule has 0 saturated heterocycles. The van der Waals surface area contributed by atoms with Gasteiger partial charge in [-0.1, -0.05) is 119 Å². The molecular formula is C39H64O2. The molecule has 0 aliphatic carbocycles. The van der Waals surface area contributed by atoms with Gasteiger partial charge in [-0.05, 0) is 109 Å². The summed E-state index contributed by atoms with van der Waals surface area (Å²) in [6.07, 6.45) is 23.7. The molecule has 0 fully saturated rings. The largest absolute Gasteiger partial charge is 0.508 e. The van der Waals surface area contributed by atoms with Crippen molar-refractivity contribution in [2.45, 2.75) is 175 Å². The minimum Gasteiger partial charge on any atom is -0.508 e. The number of hydrogen-bond donors (Lipinski definition) is 2. The van der Waals surface area contributed by atoms with Crippen LogP contribution in [0.2, 0.25) is 0 Å². The fraction of sp³-hybridized carbons (Fsp3) is 0.692. The van der Waals surface area contributed by atoms with Gasteiger partial charge in [0.05, 0.1) is 0 Å². The summed E-state index contributed by atoms with van der Waals surface area (Å²) >= 11 is 0. The van der Waals surface area contributed by atoms with Crippen LogP contribution in [-0.2, 0) is 31.1 Å². The summed E-state index contributed by atoms with van der Waals surface area (Å²) in [6, 6.07) is 8.28. The summed E-state index contributed by atoms with van der Waals surface area (Å²) in [5.74, 6) is 0.844. The molecule has 0 radical (unpaired) electrons. The van der Waals surface area contributed by atoms with Gasteiger partial charge in [0.15, 0.2) is 0 Å². The molecule has 0 atom stereocenters. The second-order valence-corrected chi connectivity index (χ2v) is 13.1. The summed E-state index contributed by atoms with van der Waals surface area (Å²) in [4.78, 5) is 0. The first kappa shape index (κ1) is 35.2. The van der Waals surface area contributed by atoms with E-state index in [1.54, 1.807) is 0 Å². The van der Waals surface area contributed by atoms with E-state index >= 15 is 0 Å². The van der Waals surface area contributed by atoms with Crippen molar-refractivity contribution in [3.05, 3.63) is 57.6 Å². The molecule has 0 spiro atoms. The van der Waals surface area contributed by atoms with Gasteiger partial charge in [0, 0.05) is 5.41 Å². The van der Waals surface area contributed by atoms with Gasteiger partial charge in [-0.25, -0.2) is 0 Å². The van der Waals surface area contributed by atoms with Crippen molar-refractivity contribution in [3.63, 3.8) is 0 Å². The predicted molar refractivity (Wildman–Crippen MR) is 180 cm³/mol. The molecule has 2 aromatic rings. The number of unbranched alkanes of at least 4 members (excludes halogenated alkanes) is 12. The highest BCUT2D eigenvalue weighted by Crippen LogP contribution is 2.44. The van der Waals surface area contributed by atoms with Crippen LogP contribution in [0.1, 0.15) is 178 Å². The normalized spacial score (nSPS) is 11.9. The predicted octanol–water partition coefficient (Wildman–Crippen LogP) is 11.9. The van der Waals surface area contributed by atoms with Crippen LogP contribution in [-0.4, -0.2) is 10.2 Å². The molecule has 0 saturated carbocycles. The number of aromatic hydroxyl groups is 2. The van der Waals surface area contributed by atoms with E-state index in [1.807, 2.05) is 0 Å². The first-order valence-electron chi connectivity index (χ1n) is 17.5. The molecule has 2 heteroatoms. The number of phenolic OH excluding ortho intramolecular Hbond substituents is 2. The first-order valence-corrected chi connectivity index (χ1v) is 17.5. The smallest absolute Gasteiger partial charge is 0.116 e. The maximum absolute atomic E-state index is 10.9. The highest BCUT2D eigenvalue weighted by molar-refractivity contribution is 5.56. The number of benzene rings is 2. The van der Waals surface area contributed by atoms with E-state index in [1.165, 1.54) is 136 Å². The van der Waals surface area contributed by atoms with Gasteiger partial charge in [-0.15, -0.1) is 0 Å². The molecule has 2 N–H and O–H groups in total. The Morgan fingerprint density at radius 1 is 0.415 bits per heavy atom. The van der Waals surface area contributed by atoms with Crippen LogP contribution in [0.4, 0.5) is 0 Å². The van der Waals surface area contributed by atoms with Crippen LogP contribution in [0.5, 0.6) is 11.5 Å². The van der Waals surface area contributed by atoms with E-state index in [-0.39, 0.29) is 5.41 Å². The molecule has 0 heterocycles. The van der Waals surface area contributed by atoms with Gasteiger partial charge >= 0.3 is 0 Å². The number of phenols is 2. The Labute approximate surface area is 254 Å². The Balaban J connectivity index is 2.67. The van der Waals surface area contributed by atoms with Crippen molar-refractivity contribution >= 4 is 0 Å². The highest BCUT2D eigenvalue weighted by Gasteiger charge is 2.33. The van der Waals surface area contributed by atoms with Crippen LogP contribution < -0.4 is 0 Å². The molecule has 2 nitrogen and oxygen atoms in total. The summed E-state index contributed by atoms with van der Waals surface area (Å²) in [5.41, 5.74) is 8.01. The van der Waals surface area contributed by atoms with E-state index in [2.05, 4.69) is 65.8 Å². The van der Waals surface area contributed by atoms with Crippen LogP contribution in [0.15, 0.2) is 24.3 Å². The van der Waals surface area contributed by atoms with Crippen LogP contribution in [0.3, 0.4) is 0 Å². The van der Waals surface area contributed by atoms with Crippen LogP contribution in [0.25, 0.3) is 0 Å². The molecule has 2 rings (SSSR count). The molecular weight excluding hydrogens is 500 g/mol. The Morgan fingerprint density at radius 2 is 0.659 bits per heavy atom. The summed E-state index contributed by atoms with van der Waals surface area (Å²) in [6.45, 7) is 13.9. The number of rotatable bonds is 22.